The molecule has 2 nitrogen and oxygen atoms in total. The fraction of sp³-hybridized carbons (Fsp3) is 0.750. The molecule has 2 heteroatoms. The highest BCUT2D eigenvalue weighted by atomic mass is 16.7. The summed E-state index contributed by atoms with van der Waals surface area (Å²) in [5.41, 5.74) is 0. The molecule has 0 heterocycles. The van der Waals surface area contributed by atoms with Gasteiger partial charge in [0.2, 0.25) is 0 Å². The number of allylic oxidation sites excluding steroid dienone is 1. The molecule has 1 saturated carbocycles. The molecule has 0 spiro atoms. The van der Waals surface area contributed by atoms with Crippen LogP contribution < -0.4 is 0 Å². The summed E-state index contributed by atoms with van der Waals surface area (Å²) in [5, 5.41) is 0. The molecular weight excluding hydrogens is 128 g/mol. The van der Waals surface area contributed by atoms with E-state index in [1.165, 1.54) is 12.8 Å². The lowest BCUT2D eigenvalue weighted by Crippen LogP contribution is -2.08. The van der Waals surface area contributed by atoms with Crippen molar-refractivity contribution in [3.63, 3.8) is 0 Å². The van der Waals surface area contributed by atoms with Crippen LogP contribution in [0.25, 0.3) is 0 Å². The van der Waals surface area contributed by atoms with Crippen LogP contribution in [0.15, 0.2) is 12.2 Å². The Morgan fingerprint density at radius 2 is 1.90 bits per heavy atom. The van der Waals surface area contributed by atoms with Gasteiger partial charge in [-0.05, 0) is 24.8 Å². The second-order valence-electron chi connectivity index (χ2n) is 2.56. The molecule has 0 unspecified atom stereocenters. The molecule has 1 aliphatic carbocycles. The molecule has 0 saturated heterocycles. The van der Waals surface area contributed by atoms with Gasteiger partial charge >= 0.3 is 0 Å². The number of hydrogen-bond acceptors (Lipinski definition) is 2. The van der Waals surface area contributed by atoms with Gasteiger partial charge in [-0.1, -0.05) is 6.08 Å². The largest absolute Gasteiger partial charge is 0.352 e. The third-order valence-electron chi connectivity index (χ3n) is 1.63. The summed E-state index contributed by atoms with van der Waals surface area (Å²) in [6, 6.07) is 0. The van der Waals surface area contributed by atoms with Crippen molar-refractivity contribution in [2.75, 3.05) is 14.2 Å². The van der Waals surface area contributed by atoms with Crippen LogP contribution in [0.3, 0.4) is 0 Å². The predicted molar refractivity (Wildman–Crippen MR) is 39.7 cm³/mol. The molecule has 1 aliphatic rings. The molecule has 0 radical (unpaired) electrons. The van der Waals surface area contributed by atoms with Crippen molar-refractivity contribution in [2.24, 2.45) is 5.92 Å². The fourth-order valence-electron chi connectivity index (χ4n) is 0.790. The molecular formula is C8H14O2. The van der Waals surface area contributed by atoms with Crippen molar-refractivity contribution < 1.29 is 9.47 Å². The molecule has 58 valence electrons. The van der Waals surface area contributed by atoms with E-state index >= 15 is 0 Å². The second kappa shape index (κ2) is 3.74. The second-order valence-corrected chi connectivity index (χ2v) is 2.56. The first-order valence-electron chi connectivity index (χ1n) is 3.60. The van der Waals surface area contributed by atoms with E-state index in [1.54, 1.807) is 14.2 Å². The highest BCUT2D eigenvalue weighted by Gasteiger charge is 2.17. The van der Waals surface area contributed by atoms with Gasteiger partial charge in [0.1, 0.15) is 0 Å². The van der Waals surface area contributed by atoms with Crippen LogP contribution in [0.2, 0.25) is 0 Å². The third kappa shape index (κ3) is 2.50. The van der Waals surface area contributed by atoms with Crippen LogP contribution in [0.4, 0.5) is 0 Å². The summed E-state index contributed by atoms with van der Waals surface area (Å²) in [4.78, 5) is 0. The maximum atomic E-state index is 4.97. The van der Waals surface area contributed by atoms with Crippen LogP contribution in [0.5, 0.6) is 0 Å². The van der Waals surface area contributed by atoms with E-state index in [4.69, 9.17) is 9.47 Å². The molecule has 0 aliphatic heterocycles. The topological polar surface area (TPSA) is 18.5 Å². The zero-order valence-electron chi connectivity index (χ0n) is 6.54. The monoisotopic (exact) mass is 142 g/mol. The minimum atomic E-state index is -0.152. The molecule has 0 N–H and O–H groups in total. The van der Waals surface area contributed by atoms with Crippen molar-refractivity contribution in [1.29, 1.82) is 0 Å². The van der Waals surface area contributed by atoms with Gasteiger partial charge < -0.3 is 9.47 Å². The molecule has 1 rings (SSSR count). The van der Waals surface area contributed by atoms with Gasteiger partial charge in [0.05, 0.1) is 0 Å². The summed E-state index contributed by atoms with van der Waals surface area (Å²) >= 11 is 0. The Kier molecular flexibility index (Phi) is 2.90. The quantitative estimate of drug-likeness (QED) is 0.438. The summed E-state index contributed by atoms with van der Waals surface area (Å²) in [6.07, 6.45) is 6.64. The van der Waals surface area contributed by atoms with Gasteiger partial charge in [0, 0.05) is 14.2 Å². The number of ether oxygens (including phenoxy) is 2. The van der Waals surface area contributed by atoms with E-state index < -0.39 is 0 Å². The van der Waals surface area contributed by atoms with Gasteiger partial charge in [-0.25, -0.2) is 0 Å². The van der Waals surface area contributed by atoms with Crippen LogP contribution in [0.1, 0.15) is 12.8 Å². The van der Waals surface area contributed by atoms with E-state index in [-0.39, 0.29) is 6.29 Å². The van der Waals surface area contributed by atoms with Crippen molar-refractivity contribution in [2.45, 2.75) is 19.1 Å². The zero-order chi connectivity index (χ0) is 7.40. The fourth-order valence-corrected chi connectivity index (χ4v) is 0.790. The van der Waals surface area contributed by atoms with Crippen molar-refractivity contribution in [3.8, 4) is 0 Å². The molecule has 0 aromatic rings. The Bertz CT molecular complexity index is 112. The SMILES string of the molecule is COC(/C=C\C1CC1)OC. The van der Waals surface area contributed by atoms with Crippen LogP contribution in [-0.2, 0) is 9.47 Å². The van der Waals surface area contributed by atoms with Gasteiger partial charge in [-0.3, -0.25) is 0 Å². The van der Waals surface area contributed by atoms with Crippen molar-refractivity contribution >= 4 is 0 Å². The molecule has 10 heavy (non-hydrogen) atoms. The highest BCUT2D eigenvalue weighted by Crippen LogP contribution is 2.30. The highest BCUT2D eigenvalue weighted by molar-refractivity contribution is 4.97. The van der Waals surface area contributed by atoms with Crippen molar-refractivity contribution in [1.82, 2.24) is 0 Å². The maximum Gasteiger partial charge on any atom is 0.176 e. The average Bonchev–Trinajstić information content (AvgIpc) is 2.74. The Labute approximate surface area is 61.8 Å². The molecule has 0 aromatic heterocycles. The average molecular weight is 142 g/mol. The molecule has 0 aromatic carbocycles. The zero-order valence-corrected chi connectivity index (χ0v) is 6.54. The Morgan fingerprint density at radius 1 is 1.30 bits per heavy atom. The predicted octanol–water partition coefficient (Wildman–Crippen LogP) is 1.57. The van der Waals surface area contributed by atoms with Crippen LogP contribution in [-0.4, -0.2) is 20.5 Å². The van der Waals surface area contributed by atoms with E-state index in [0.29, 0.717) is 0 Å². The first kappa shape index (κ1) is 7.76. The Balaban J connectivity index is 2.18. The standard InChI is InChI=1S/C8H14O2/c1-9-8(10-2)6-5-7-3-4-7/h5-8H,3-4H2,1-2H3/b6-5-. The van der Waals surface area contributed by atoms with E-state index in [1.807, 2.05) is 6.08 Å². The summed E-state index contributed by atoms with van der Waals surface area (Å²) in [5.74, 6) is 0.799. The van der Waals surface area contributed by atoms with E-state index in [0.717, 1.165) is 5.92 Å². The normalized spacial score (nSPS) is 19.1. The van der Waals surface area contributed by atoms with E-state index in [9.17, 15) is 0 Å². The van der Waals surface area contributed by atoms with Crippen LogP contribution >= 0.6 is 0 Å². The number of hydrogen-bond donors (Lipinski definition) is 0. The minimum absolute atomic E-state index is 0.152. The summed E-state index contributed by atoms with van der Waals surface area (Å²) < 4.78 is 9.94. The number of methoxy groups -OCH3 is 2. The molecule has 1 fully saturated rings. The Hall–Kier alpha value is -0.340. The maximum absolute atomic E-state index is 4.97. The smallest absolute Gasteiger partial charge is 0.176 e. The first-order valence-corrected chi connectivity index (χ1v) is 3.60. The molecule has 0 atom stereocenters. The summed E-state index contributed by atoms with van der Waals surface area (Å²) in [7, 11) is 3.29. The number of rotatable bonds is 4. The van der Waals surface area contributed by atoms with Gasteiger partial charge in [-0.15, -0.1) is 0 Å². The lowest BCUT2D eigenvalue weighted by Gasteiger charge is -2.06. The van der Waals surface area contributed by atoms with E-state index in [2.05, 4.69) is 6.08 Å². The van der Waals surface area contributed by atoms with Crippen LogP contribution in [0, 0.1) is 5.92 Å². The van der Waals surface area contributed by atoms with Gasteiger partial charge in [0.15, 0.2) is 6.29 Å². The lowest BCUT2D eigenvalue weighted by molar-refractivity contribution is -0.0668. The Morgan fingerprint density at radius 3 is 2.30 bits per heavy atom. The van der Waals surface area contributed by atoms with Gasteiger partial charge in [-0.2, -0.15) is 0 Å². The lowest BCUT2D eigenvalue weighted by atomic mass is 10.3. The third-order valence-corrected chi connectivity index (χ3v) is 1.63. The first-order chi connectivity index (χ1) is 4.86. The minimum Gasteiger partial charge on any atom is -0.352 e. The molecule has 0 amide bonds. The molecule has 0 bridgehead atoms. The van der Waals surface area contributed by atoms with Gasteiger partial charge in [0.25, 0.3) is 0 Å². The summed E-state index contributed by atoms with van der Waals surface area (Å²) in [6.45, 7) is 0. The van der Waals surface area contributed by atoms with Crippen molar-refractivity contribution in [3.05, 3.63) is 12.2 Å².